The van der Waals surface area contributed by atoms with Crippen LogP contribution in [0.4, 0.5) is 0 Å². The maximum atomic E-state index is 12.0. The van der Waals surface area contributed by atoms with E-state index in [9.17, 15) is 9.90 Å². The summed E-state index contributed by atoms with van der Waals surface area (Å²) in [5, 5.41) is 9.25. The lowest BCUT2D eigenvalue weighted by Gasteiger charge is -2.26. The van der Waals surface area contributed by atoms with E-state index in [1.165, 1.54) is 43.4 Å². The molecule has 0 bridgehead atoms. The molecule has 3 nitrogen and oxygen atoms in total. The lowest BCUT2D eigenvalue weighted by molar-refractivity contribution is 0.0734. The molecule has 1 saturated carbocycles. The van der Waals surface area contributed by atoms with Gasteiger partial charge in [0.05, 0.1) is 5.56 Å². The van der Waals surface area contributed by atoms with Gasteiger partial charge in [0.2, 0.25) is 0 Å². The molecule has 0 atom stereocenters. The predicted molar refractivity (Wildman–Crippen MR) is 89.9 cm³/mol. The lowest BCUT2D eigenvalue weighted by atomic mass is 9.79. The number of aromatic hydroxyl groups is 1. The van der Waals surface area contributed by atoms with Crippen molar-refractivity contribution in [1.29, 1.82) is 0 Å². The molecular weight excluding hydrogens is 288 g/mol. The molecule has 0 spiro atoms. The van der Waals surface area contributed by atoms with E-state index < -0.39 is 5.97 Å². The van der Waals surface area contributed by atoms with Gasteiger partial charge in [0.1, 0.15) is 11.5 Å². The molecule has 3 heteroatoms. The summed E-state index contributed by atoms with van der Waals surface area (Å²) in [5.74, 6) is 1.75. The minimum atomic E-state index is -0.413. The number of benzene rings is 2. The third-order valence-electron chi connectivity index (χ3n) is 4.68. The Morgan fingerprint density at radius 3 is 2.17 bits per heavy atom. The van der Waals surface area contributed by atoms with Crippen LogP contribution >= 0.6 is 0 Å². The van der Waals surface area contributed by atoms with Gasteiger partial charge in [-0.1, -0.05) is 31.9 Å². The van der Waals surface area contributed by atoms with E-state index in [1.54, 1.807) is 12.1 Å². The fourth-order valence-corrected chi connectivity index (χ4v) is 3.16. The summed E-state index contributed by atoms with van der Waals surface area (Å²) in [4.78, 5) is 12.0. The quantitative estimate of drug-likeness (QED) is 0.647. The SMILES string of the molecule is CC1CCC(c2ccc(OC(=O)c3ccc(O)cc3)cc2)CC1. The largest absolute Gasteiger partial charge is 0.508 e. The zero-order valence-corrected chi connectivity index (χ0v) is 13.4. The van der Waals surface area contributed by atoms with Crippen molar-refractivity contribution in [3.05, 3.63) is 59.7 Å². The van der Waals surface area contributed by atoms with Crippen molar-refractivity contribution in [3.63, 3.8) is 0 Å². The molecule has 23 heavy (non-hydrogen) atoms. The van der Waals surface area contributed by atoms with Crippen LogP contribution in [0.1, 0.15) is 54.4 Å². The predicted octanol–water partition coefficient (Wildman–Crippen LogP) is 4.91. The average molecular weight is 310 g/mol. The molecule has 0 heterocycles. The van der Waals surface area contributed by atoms with Crippen molar-refractivity contribution in [2.75, 3.05) is 0 Å². The summed E-state index contributed by atoms with van der Waals surface area (Å²) in [7, 11) is 0. The first-order valence-corrected chi connectivity index (χ1v) is 8.23. The van der Waals surface area contributed by atoms with Crippen molar-refractivity contribution in [3.8, 4) is 11.5 Å². The standard InChI is InChI=1S/C20H22O3/c1-14-2-4-15(5-3-14)16-8-12-19(13-9-16)23-20(22)17-6-10-18(21)11-7-17/h6-15,21H,2-5H2,1H3. The minimum Gasteiger partial charge on any atom is -0.508 e. The number of phenols is 1. The minimum absolute atomic E-state index is 0.132. The van der Waals surface area contributed by atoms with Gasteiger partial charge in [0.25, 0.3) is 0 Å². The second-order valence-corrected chi connectivity index (χ2v) is 6.46. The fraction of sp³-hybridized carbons (Fsp3) is 0.350. The molecule has 0 saturated heterocycles. The van der Waals surface area contributed by atoms with E-state index in [2.05, 4.69) is 19.1 Å². The number of hydrogen-bond acceptors (Lipinski definition) is 3. The fourth-order valence-electron chi connectivity index (χ4n) is 3.16. The molecule has 0 aromatic heterocycles. The van der Waals surface area contributed by atoms with Crippen molar-refractivity contribution >= 4 is 5.97 Å². The van der Waals surface area contributed by atoms with Crippen LogP contribution in [0, 0.1) is 5.92 Å². The van der Waals surface area contributed by atoms with Crippen LogP contribution in [-0.4, -0.2) is 11.1 Å². The summed E-state index contributed by atoms with van der Waals surface area (Å²) in [5.41, 5.74) is 1.76. The van der Waals surface area contributed by atoms with Gasteiger partial charge in [0.15, 0.2) is 0 Å². The number of esters is 1. The van der Waals surface area contributed by atoms with Crippen molar-refractivity contribution in [1.82, 2.24) is 0 Å². The number of carbonyl (C=O) groups excluding carboxylic acids is 1. The Morgan fingerprint density at radius 2 is 1.57 bits per heavy atom. The van der Waals surface area contributed by atoms with Crippen LogP contribution in [0.25, 0.3) is 0 Å². The molecule has 1 aliphatic carbocycles. The number of phenolic OH excluding ortho intramolecular Hbond substituents is 1. The molecule has 0 radical (unpaired) electrons. The highest BCUT2D eigenvalue weighted by Crippen LogP contribution is 2.35. The summed E-state index contributed by atoms with van der Waals surface area (Å²) in [6.07, 6.45) is 5.08. The van der Waals surface area contributed by atoms with E-state index >= 15 is 0 Å². The molecule has 0 unspecified atom stereocenters. The lowest BCUT2D eigenvalue weighted by Crippen LogP contribution is -2.11. The zero-order chi connectivity index (χ0) is 16.2. The topological polar surface area (TPSA) is 46.5 Å². The van der Waals surface area contributed by atoms with E-state index in [4.69, 9.17) is 4.74 Å². The maximum absolute atomic E-state index is 12.0. The Balaban J connectivity index is 1.63. The van der Waals surface area contributed by atoms with Gasteiger partial charge < -0.3 is 9.84 Å². The Labute approximate surface area is 136 Å². The van der Waals surface area contributed by atoms with Gasteiger partial charge in [-0.3, -0.25) is 0 Å². The molecule has 120 valence electrons. The van der Waals surface area contributed by atoms with Gasteiger partial charge in [-0.2, -0.15) is 0 Å². The highest BCUT2D eigenvalue weighted by atomic mass is 16.5. The average Bonchev–Trinajstić information content (AvgIpc) is 2.57. The van der Waals surface area contributed by atoms with E-state index in [0.717, 1.165) is 5.92 Å². The molecule has 1 aliphatic rings. The second kappa shape index (κ2) is 6.86. The van der Waals surface area contributed by atoms with Crippen molar-refractivity contribution in [2.24, 2.45) is 5.92 Å². The summed E-state index contributed by atoms with van der Waals surface area (Å²) >= 11 is 0. The third-order valence-corrected chi connectivity index (χ3v) is 4.68. The Kier molecular flexibility index (Phi) is 4.65. The highest BCUT2D eigenvalue weighted by Gasteiger charge is 2.19. The second-order valence-electron chi connectivity index (χ2n) is 6.46. The summed E-state index contributed by atoms with van der Waals surface area (Å²) in [6, 6.07) is 13.9. The zero-order valence-electron chi connectivity index (χ0n) is 13.4. The molecule has 1 fully saturated rings. The number of hydrogen-bond donors (Lipinski definition) is 1. The molecule has 0 aliphatic heterocycles. The van der Waals surface area contributed by atoms with Crippen LogP contribution in [0.3, 0.4) is 0 Å². The maximum Gasteiger partial charge on any atom is 0.343 e. The number of ether oxygens (including phenoxy) is 1. The van der Waals surface area contributed by atoms with E-state index in [-0.39, 0.29) is 5.75 Å². The molecule has 2 aromatic rings. The van der Waals surface area contributed by atoms with E-state index in [0.29, 0.717) is 17.2 Å². The van der Waals surface area contributed by atoms with E-state index in [1.807, 2.05) is 12.1 Å². The number of carbonyl (C=O) groups is 1. The highest BCUT2D eigenvalue weighted by molar-refractivity contribution is 5.91. The van der Waals surface area contributed by atoms with Gasteiger partial charge in [-0.25, -0.2) is 4.79 Å². The van der Waals surface area contributed by atoms with Crippen LogP contribution in [-0.2, 0) is 0 Å². The monoisotopic (exact) mass is 310 g/mol. The first kappa shape index (κ1) is 15.6. The van der Waals surface area contributed by atoms with Crippen LogP contribution < -0.4 is 4.74 Å². The molecule has 2 aromatic carbocycles. The summed E-state index contributed by atoms with van der Waals surface area (Å²) in [6.45, 7) is 2.32. The molecule has 0 amide bonds. The Bertz CT molecular complexity index is 650. The first-order chi connectivity index (χ1) is 11.1. The van der Waals surface area contributed by atoms with Gasteiger partial charge in [-0.15, -0.1) is 0 Å². The van der Waals surface area contributed by atoms with Gasteiger partial charge in [0, 0.05) is 0 Å². The normalized spacial score (nSPS) is 20.9. The van der Waals surface area contributed by atoms with Crippen molar-refractivity contribution in [2.45, 2.75) is 38.5 Å². The number of rotatable bonds is 3. The van der Waals surface area contributed by atoms with Gasteiger partial charge in [-0.05, 0) is 66.6 Å². The van der Waals surface area contributed by atoms with Crippen LogP contribution in [0.2, 0.25) is 0 Å². The van der Waals surface area contributed by atoms with Crippen molar-refractivity contribution < 1.29 is 14.6 Å². The third kappa shape index (κ3) is 3.92. The van der Waals surface area contributed by atoms with Gasteiger partial charge >= 0.3 is 5.97 Å². The molecular formula is C20H22O3. The Morgan fingerprint density at radius 1 is 0.957 bits per heavy atom. The molecule has 3 rings (SSSR count). The summed E-state index contributed by atoms with van der Waals surface area (Å²) < 4.78 is 5.38. The Hall–Kier alpha value is -2.29. The smallest absolute Gasteiger partial charge is 0.343 e. The van der Waals surface area contributed by atoms with Crippen LogP contribution in [0.15, 0.2) is 48.5 Å². The molecule has 1 N–H and O–H groups in total. The first-order valence-electron chi connectivity index (χ1n) is 8.23. The van der Waals surface area contributed by atoms with Crippen LogP contribution in [0.5, 0.6) is 11.5 Å².